The summed E-state index contributed by atoms with van der Waals surface area (Å²) in [6.45, 7) is 2.52. The van der Waals surface area contributed by atoms with Crippen LogP contribution < -0.4 is 10.2 Å². The quantitative estimate of drug-likeness (QED) is 0.907. The molecule has 0 bridgehead atoms. The maximum absolute atomic E-state index is 11.8. The first kappa shape index (κ1) is 12.5. The highest BCUT2D eigenvalue weighted by molar-refractivity contribution is 5.95. The summed E-state index contributed by atoms with van der Waals surface area (Å²) in [7, 11) is 0. The Labute approximate surface area is 113 Å². The fraction of sp³-hybridized carbons (Fsp3) is 0.533. The van der Waals surface area contributed by atoms with Gasteiger partial charge in [0.1, 0.15) is 0 Å². The Morgan fingerprint density at radius 3 is 2.84 bits per heavy atom. The number of hydrogen-bond donors (Lipinski definition) is 1. The van der Waals surface area contributed by atoms with Crippen molar-refractivity contribution in [3.05, 3.63) is 24.3 Å². The average molecular weight is 260 g/mol. The third-order valence-corrected chi connectivity index (χ3v) is 3.82. The molecular weight excluding hydrogens is 240 g/mol. The SMILES string of the molecule is O=C1CCCN1c1cccc(NC2CCOCC2)c1. The van der Waals surface area contributed by atoms with Crippen molar-refractivity contribution in [1.29, 1.82) is 0 Å². The van der Waals surface area contributed by atoms with Gasteiger partial charge in [0.2, 0.25) is 5.91 Å². The number of carbonyl (C=O) groups is 1. The molecule has 3 rings (SSSR count). The maximum Gasteiger partial charge on any atom is 0.227 e. The number of carbonyl (C=O) groups excluding carboxylic acids is 1. The summed E-state index contributed by atoms with van der Waals surface area (Å²) in [4.78, 5) is 13.6. The first-order valence-electron chi connectivity index (χ1n) is 7.08. The van der Waals surface area contributed by atoms with Gasteiger partial charge in [-0.3, -0.25) is 4.79 Å². The molecule has 1 amide bonds. The summed E-state index contributed by atoms with van der Waals surface area (Å²) in [5.74, 6) is 0.239. The minimum Gasteiger partial charge on any atom is -0.382 e. The van der Waals surface area contributed by atoms with Crippen molar-refractivity contribution in [3.63, 3.8) is 0 Å². The summed E-state index contributed by atoms with van der Waals surface area (Å²) in [5.41, 5.74) is 2.11. The smallest absolute Gasteiger partial charge is 0.227 e. The minimum absolute atomic E-state index is 0.239. The summed E-state index contributed by atoms with van der Waals surface area (Å²) in [5, 5.41) is 3.54. The molecule has 0 saturated carbocycles. The number of anilines is 2. The van der Waals surface area contributed by atoms with Crippen LogP contribution in [0.2, 0.25) is 0 Å². The van der Waals surface area contributed by atoms with E-state index in [4.69, 9.17) is 4.74 Å². The molecule has 2 saturated heterocycles. The molecule has 2 heterocycles. The molecule has 2 fully saturated rings. The van der Waals surface area contributed by atoms with Crippen LogP contribution in [0.15, 0.2) is 24.3 Å². The van der Waals surface area contributed by atoms with Gasteiger partial charge in [0.15, 0.2) is 0 Å². The molecular formula is C15H20N2O2. The predicted molar refractivity (Wildman–Crippen MR) is 75.5 cm³/mol. The standard InChI is InChI=1S/C15H20N2O2/c18-15-5-2-8-17(15)14-4-1-3-13(11-14)16-12-6-9-19-10-7-12/h1,3-4,11-12,16H,2,5-10H2. The van der Waals surface area contributed by atoms with Crippen LogP contribution in [-0.2, 0) is 9.53 Å². The van der Waals surface area contributed by atoms with E-state index in [1.54, 1.807) is 0 Å². The first-order chi connectivity index (χ1) is 9.33. The van der Waals surface area contributed by atoms with E-state index >= 15 is 0 Å². The lowest BCUT2D eigenvalue weighted by Crippen LogP contribution is -2.28. The Kier molecular flexibility index (Phi) is 3.69. The Balaban J connectivity index is 1.70. The van der Waals surface area contributed by atoms with E-state index < -0.39 is 0 Å². The zero-order valence-electron chi connectivity index (χ0n) is 11.1. The summed E-state index contributed by atoms with van der Waals surface area (Å²) < 4.78 is 5.36. The van der Waals surface area contributed by atoms with Gasteiger partial charge in [-0.2, -0.15) is 0 Å². The Morgan fingerprint density at radius 1 is 1.26 bits per heavy atom. The minimum atomic E-state index is 0.239. The van der Waals surface area contributed by atoms with E-state index in [-0.39, 0.29) is 5.91 Å². The van der Waals surface area contributed by atoms with Crippen LogP contribution in [-0.4, -0.2) is 31.7 Å². The zero-order chi connectivity index (χ0) is 13.1. The third-order valence-electron chi connectivity index (χ3n) is 3.82. The Hall–Kier alpha value is -1.55. The first-order valence-corrected chi connectivity index (χ1v) is 7.08. The summed E-state index contributed by atoms with van der Waals surface area (Å²) in [6.07, 6.45) is 3.74. The van der Waals surface area contributed by atoms with Gasteiger partial charge in [0.05, 0.1) is 0 Å². The molecule has 0 aromatic heterocycles. The topological polar surface area (TPSA) is 41.6 Å². The molecule has 0 atom stereocenters. The van der Waals surface area contributed by atoms with Gasteiger partial charge < -0.3 is 15.0 Å². The number of benzene rings is 1. The van der Waals surface area contributed by atoms with Gasteiger partial charge in [-0.1, -0.05) is 6.07 Å². The van der Waals surface area contributed by atoms with Crippen LogP contribution in [0.3, 0.4) is 0 Å². The lowest BCUT2D eigenvalue weighted by molar-refractivity contribution is -0.117. The zero-order valence-corrected chi connectivity index (χ0v) is 11.1. The van der Waals surface area contributed by atoms with Gasteiger partial charge in [0, 0.05) is 43.6 Å². The highest BCUT2D eigenvalue weighted by Crippen LogP contribution is 2.25. The van der Waals surface area contributed by atoms with E-state index in [0.717, 1.165) is 50.4 Å². The van der Waals surface area contributed by atoms with Crippen molar-refractivity contribution in [2.75, 3.05) is 30.0 Å². The average Bonchev–Trinajstić information content (AvgIpc) is 2.86. The number of nitrogens with one attached hydrogen (secondary N) is 1. The third kappa shape index (κ3) is 2.89. The van der Waals surface area contributed by atoms with Crippen LogP contribution in [0.25, 0.3) is 0 Å². The molecule has 4 nitrogen and oxygen atoms in total. The van der Waals surface area contributed by atoms with E-state index in [2.05, 4.69) is 17.4 Å². The van der Waals surface area contributed by atoms with Crippen molar-refractivity contribution >= 4 is 17.3 Å². The highest BCUT2D eigenvalue weighted by Gasteiger charge is 2.22. The van der Waals surface area contributed by atoms with Gasteiger partial charge in [-0.25, -0.2) is 0 Å². The van der Waals surface area contributed by atoms with Gasteiger partial charge in [-0.15, -0.1) is 0 Å². The molecule has 1 aromatic carbocycles. The monoisotopic (exact) mass is 260 g/mol. The molecule has 2 aliphatic rings. The van der Waals surface area contributed by atoms with Gasteiger partial charge in [-0.05, 0) is 37.5 Å². The summed E-state index contributed by atoms with van der Waals surface area (Å²) in [6, 6.07) is 8.66. The summed E-state index contributed by atoms with van der Waals surface area (Å²) >= 11 is 0. The number of nitrogens with zero attached hydrogens (tertiary/aromatic N) is 1. The molecule has 4 heteroatoms. The molecule has 0 radical (unpaired) electrons. The second-order valence-corrected chi connectivity index (χ2v) is 5.23. The fourth-order valence-corrected chi connectivity index (χ4v) is 2.76. The molecule has 1 aromatic rings. The molecule has 0 aliphatic carbocycles. The largest absolute Gasteiger partial charge is 0.382 e. The normalized spacial score (nSPS) is 20.8. The van der Waals surface area contributed by atoms with Gasteiger partial charge >= 0.3 is 0 Å². The molecule has 102 valence electrons. The molecule has 0 unspecified atom stereocenters. The second kappa shape index (κ2) is 5.61. The number of rotatable bonds is 3. The molecule has 1 N–H and O–H groups in total. The van der Waals surface area contributed by atoms with E-state index in [9.17, 15) is 4.79 Å². The Bertz CT molecular complexity index is 455. The lowest BCUT2D eigenvalue weighted by atomic mass is 10.1. The van der Waals surface area contributed by atoms with Crippen molar-refractivity contribution < 1.29 is 9.53 Å². The van der Waals surface area contributed by atoms with Crippen LogP contribution in [0.5, 0.6) is 0 Å². The lowest BCUT2D eigenvalue weighted by Gasteiger charge is -2.25. The number of amides is 1. The van der Waals surface area contributed by atoms with Crippen LogP contribution in [0, 0.1) is 0 Å². The van der Waals surface area contributed by atoms with Crippen LogP contribution >= 0.6 is 0 Å². The Morgan fingerprint density at radius 2 is 2.11 bits per heavy atom. The fourth-order valence-electron chi connectivity index (χ4n) is 2.76. The number of ether oxygens (including phenoxy) is 1. The van der Waals surface area contributed by atoms with Crippen molar-refractivity contribution in [3.8, 4) is 0 Å². The van der Waals surface area contributed by atoms with E-state index in [0.29, 0.717) is 12.5 Å². The van der Waals surface area contributed by atoms with Crippen molar-refractivity contribution in [2.24, 2.45) is 0 Å². The van der Waals surface area contributed by atoms with Crippen LogP contribution in [0.4, 0.5) is 11.4 Å². The van der Waals surface area contributed by atoms with Crippen LogP contribution in [0.1, 0.15) is 25.7 Å². The van der Waals surface area contributed by atoms with E-state index in [1.165, 1.54) is 0 Å². The second-order valence-electron chi connectivity index (χ2n) is 5.23. The van der Waals surface area contributed by atoms with Gasteiger partial charge in [0.25, 0.3) is 0 Å². The molecule has 19 heavy (non-hydrogen) atoms. The molecule has 2 aliphatic heterocycles. The van der Waals surface area contributed by atoms with Crippen molar-refractivity contribution in [1.82, 2.24) is 0 Å². The highest BCUT2D eigenvalue weighted by atomic mass is 16.5. The molecule has 0 spiro atoms. The number of hydrogen-bond acceptors (Lipinski definition) is 3. The van der Waals surface area contributed by atoms with Crippen molar-refractivity contribution in [2.45, 2.75) is 31.7 Å². The maximum atomic E-state index is 11.8. The van der Waals surface area contributed by atoms with E-state index in [1.807, 2.05) is 17.0 Å². The predicted octanol–water partition coefficient (Wildman–Crippen LogP) is 2.40.